The average molecular weight is 208 g/mol. The van der Waals surface area contributed by atoms with Crippen LogP contribution in [0.25, 0.3) is 0 Å². The summed E-state index contributed by atoms with van der Waals surface area (Å²) in [5, 5.41) is 0. The van der Waals surface area contributed by atoms with Crippen molar-refractivity contribution in [1.82, 2.24) is 0 Å². The first-order valence-electron chi connectivity index (χ1n) is 6.23. The highest BCUT2D eigenvalue weighted by molar-refractivity contribution is 5.08. The van der Waals surface area contributed by atoms with Crippen LogP contribution >= 0.6 is 0 Å². The topological polar surface area (TPSA) is 13.1 Å². The first kappa shape index (κ1) is 12.4. The average Bonchev–Trinajstić information content (AvgIpc) is 2.65. The van der Waals surface area contributed by atoms with Gasteiger partial charge in [0.1, 0.15) is 11.5 Å². The van der Waals surface area contributed by atoms with Gasteiger partial charge in [0.25, 0.3) is 0 Å². The maximum Gasteiger partial charge on any atom is 0.104 e. The van der Waals surface area contributed by atoms with E-state index in [1.54, 1.807) is 0 Å². The van der Waals surface area contributed by atoms with Gasteiger partial charge in [-0.25, -0.2) is 0 Å². The van der Waals surface area contributed by atoms with Crippen LogP contribution in [0.4, 0.5) is 0 Å². The molecule has 1 aromatic heterocycles. The highest BCUT2D eigenvalue weighted by Crippen LogP contribution is 2.18. The van der Waals surface area contributed by atoms with Crippen molar-refractivity contribution in [3.05, 3.63) is 23.7 Å². The van der Waals surface area contributed by atoms with Crippen LogP contribution in [0.15, 0.2) is 16.5 Å². The third kappa shape index (κ3) is 4.11. The first-order chi connectivity index (χ1) is 7.15. The predicted octanol–water partition coefficient (Wildman–Crippen LogP) is 4.46. The Morgan fingerprint density at radius 1 is 0.933 bits per heavy atom. The largest absolute Gasteiger partial charge is 0.466 e. The summed E-state index contributed by atoms with van der Waals surface area (Å²) in [4.78, 5) is 0. The standard InChI is InChI=1S/C14H24O/c1-5-11(3)9-13-7-8-14(15-13)10-12(4)6-2/h7-8,11-12H,5-6,9-10H2,1-4H3. The quantitative estimate of drug-likeness (QED) is 0.673. The van der Waals surface area contributed by atoms with Crippen LogP contribution in [0.3, 0.4) is 0 Å². The minimum Gasteiger partial charge on any atom is -0.466 e. The van der Waals surface area contributed by atoms with Crippen molar-refractivity contribution in [3.63, 3.8) is 0 Å². The summed E-state index contributed by atoms with van der Waals surface area (Å²) in [6.07, 6.45) is 4.61. The fraction of sp³-hybridized carbons (Fsp3) is 0.714. The molecule has 0 radical (unpaired) electrons. The summed E-state index contributed by atoms with van der Waals surface area (Å²) >= 11 is 0. The summed E-state index contributed by atoms with van der Waals surface area (Å²) in [6.45, 7) is 9.01. The Morgan fingerprint density at radius 3 is 1.67 bits per heavy atom. The molecule has 86 valence electrons. The maximum absolute atomic E-state index is 5.83. The summed E-state index contributed by atoms with van der Waals surface area (Å²) < 4.78 is 5.83. The van der Waals surface area contributed by atoms with Gasteiger partial charge in [0.05, 0.1) is 0 Å². The van der Waals surface area contributed by atoms with Crippen molar-refractivity contribution in [2.24, 2.45) is 11.8 Å². The van der Waals surface area contributed by atoms with E-state index in [1.807, 2.05) is 0 Å². The lowest BCUT2D eigenvalue weighted by Gasteiger charge is -2.06. The van der Waals surface area contributed by atoms with Gasteiger partial charge in [-0.15, -0.1) is 0 Å². The number of hydrogen-bond donors (Lipinski definition) is 0. The Morgan fingerprint density at radius 2 is 1.33 bits per heavy atom. The first-order valence-corrected chi connectivity index (χ1v) is 6.23. The monoisotopic (exact) mass is 208 g/mol. The SMILES string of the molecule is CCC(C)Cc1ccc(CC(C)CC)o1. The van der Waals surface area contributed by atoms with E-state index in [9.17, 15) is 0 Å². The molecule has 0 spiro atoms. The second-order valence-electron chi connectivity index (χ2n) is 4.80. The molecule has 1 heterocycles. The second kappa shape index (κ2) is 5.99. The third-order valence-electron chi connectivity index (χ3n) is 3.21. The fourth-order valence-electron chi connectivity index (χ4n) is 1.62. The Bertz CT molecular complexity index is 248. The summed E-state index contributed by atoms with van der Waals surface area (Å²) in [5.41, 5.74) is 0. The molecule has 1 aromatic rings. The van der Waals surface area contributed by atoms with E-state index in [0.29, 0.717) is 0 Å². The van der Waals surface area contributed by atoms with Crippen molar-refractivity contribution >= 4 is 0 Å². The molecule has 1 rings (SSSR count). The molecular formula is C14H24O. The molecule has 1 nitrogen and oxygen atoms in total. The van der Waals surface area contributed by atoms with Gasteiger partial charge in [0, 0.05) is 12.8 Å². The lowest BCUT2D eigenvalue weighted by Crippen LogP contribution is -1.97. The molecule has 0 aliphatic rings. The number of rotatable bonds is 6. The van der Waals surface area contributed by atoms with E-state index < -0.39 is 0 Å². The molecular weight excluding hydrogens is 184 g/mol. The second-order valence-corrected chi connectivity index (χ2v) is 4.80. The van der Waals surface area contributed by atoms with Gasteiger partial charge in [-0.3, -0.25) is 0 Å². The Labute approximate surface area is 93.9 Å². The fourth-order valence-corrected chi connectivity index (χ4v) is 1.62. The molecule has 0 bridgehead atoms. The van der Waals surface area contributed by atoms with E-state index in [2.05, 4.69) is 39.8 Å². The maximum atomic E-state index is 5.83. The predicted molar refractivity (Wildman–Crippen MR) is 65.0 cm³/mol. The molecule has 0 amide bonds. The zero-order chi connectivity index (χ0) is 11.3. The Hall–Kier alpha value is -0.720. The zero-order valence-electron chi connectivity index (χ0n) is 10.5. The molecule has 0 fully saturated rings. The third-order valence-corrected chi connectivity index (χ3v) is 3.21. The van der Waals surface area contributed by atoms with E-state index in [4.69, 9.17) is 4.42 Å². The van der Waals surface area contributed by atoms with Crippen molar-refractivity contribution < 1.29 is 4.42 Å². The van der Waals surface area contributed by atoms with Gasteiger partial charge in [-0.1, -0.05) is 40.5 Å². The highest BCUT2D eigenvalue weighted by atomic mass is 16.3. The van der Waals surface area contributed by atoms with Crippen molar-refractivity contribution in [2.45, 2.75) is 53.4 Å². The Kier molecular flexibility index (Phi) is 4.93. The molecule has 0 N–H and O–H groups in total. The number of hydrogen-bond acceptors (Lipinski definition) is 1. The molecule has 15 heavy (non-hydrogen) atoms. The van der Waals surface area contributed by atoms with Gasteiger partial charge in [0.2, 0.25) is 0 Å². The van der Waals surface area contributed by atoms with Crippen LogP contribution < -0.4 is 0 Å². The molecule has 2 atom stereocenters. The minimum absolute atomic E-state index is 0.729. The van der Waals surface area contributed by atoms with Gasteiger partial charge in [0.15, 0.2) is 0 Å². The van der Waals surface area contributed by atoms with E-state index >= 15 is 0 Å². The molecule has 0 aliphatic heterocycles. The Balaban J connectivity index is 2.49. The van der Waals surface area contributed by atoms with Crippen molar-refractivity contribution in [1.29, 1.82) is 0 Å². The lowest BCUT2D eigenvalue weighted by atomic mass is 10.0. The van der Waals surface area contributed by atoms with Crippen LogP contribution in [0.1, 0.15) is 52.1 Å². The van der Waals surface area contributed by atoms with Crippen molar-refractivity contribution in [3.8, 4) is 0 Å². The lowest BCUT2D eigenvalue weighted by molar-refractivity contribution is 0.401. The van der Waals surface area contributed by atoms with Crippen LogP contribution in [-0.2, 0) is 12.8 Å². The highest BCUT2D eigenvalue weighted by Gasteiger charge is 2.08. The van der Waals surface area contributed by atoms with Gasteiger partial charge < -0.3 is 4.42 Å². The van der Waals surface area contributed by atoms with Crippen LogP contribution in [0.2, 0.25) is 0 Å². The summed E-state index contributed by atoms with van der Waals surface area (Å²) in [7, 11) is 0. The van der Waals surface area contributed by atoms with E-state index in [-0.39, 0.29) is 0 Å². The van der Waals surface area contributed by atoms with Crippen LogP contribution in [0.5, 0.6) is 0 Å². The van der Waals surface area contributed by atoms with E-state index in [1.165, 1.54) is 12.8 Å². The van der Waals surface area contributed by atoms with Gasteiger partial charge in [-0.2, -0.15) is 0 Å². The van der Waals surface area contributed by atoms with Gasteiger partial charge in [-0.05, 0) is 24.0 Å². The smallest absolute Gasteiger partial charge is 0.104 e. The molecule has 2 unspecified atom stereocenters. The number of furan rings is 1. The van der Waals surface area contributed by atoms with Crippen LogP contribution in [0, 0.1) is 11.8 Å². The molecule has 0 saturated carbocycles. The summed E-state index contributed by atoms with van der Waals surface area (Å²) in [6, 6.07) is 4.29. The molecule has 0 aromatic carbocycles. The van der Waals surface area contributed by atoms with Crippen molar-refractivity contribution in [2.75, 3.05) is 0 Å². The minimum atomic E-state index is 0.729. The van der Waals surface area contributed by atoms with Crippen LogP contribution in [-0.4, -0.2) is 0 Å². The summed E-state index contributed by atoms with van der Waals surface area (Å²) in [5.74, 6) is 3.77. The normalized spacial score (nSPS) is 15.2. The zero-order valence-corrected chi connectivity index (χ0v) is 10.5. The molecule has 1 heteroatoms. The van der Waals surface area contributed by atoms with Gasteiger partial charge >= 0.3 is 0 Å². The molecule has 0 saturated heterocycles. The molecule has 0 aliphatic carbocycles. The van der Waals surface area contributed by atoms with E-state index in [0.717, 1.165) is 36.2 Å².